The fourth-order valence-corrected chi connectivity index (χ4v) is 3.18. The number of benzene rings is 1. The molecule has 0 radical (unpaired) electrons. The summed E-state index contributed by atoms with van der Waals surface area (Å²) in [6, 6.07) is 5.12. The number of halogens is 2. The van der Waals surface area contributed by atoms with Crippen molar-refractivity contribution in [3.05, 3.63) is 41.7 Å². The molecule has 0 bridgehead atoms. The molecule has 118 valence electrons. The van der Waals surface area contributed by atoms with Gasteiger partial charge in [-0.05, 0) is 23.3 Å². The van der Waals surface area contributed by atoms with E-state index in [1.54, 1.807) is 18.2 Å². The third-order valence-electron chi connectivity index (χ3n) is 3.22. The third-order valence-corrected chi connectivity index (χ3v) is 4.55. The Kier molecular flexibility index (Phi) is 3.83. The van der Waals surface area contributed by atoms with Gasteiger partial charge in [-0.2, -0.15) is 5.10 Å². The van der Waals surface area contributed by atoms with Crippen LogP contribution in [0, 0.1) is 0 Å². The Hall–Kier alpha value is -2.00. The molecule has 1 aromatic heterocycles. The van der Waals surface area contributed by atoms with Gasteiger partial charge >= 0.3 is 0 Å². The molecule has 0 saturated carbocycles. The molecule has 0 aliphatic carbocycles. The van der Waals surface area contributed by atoms with E-state index in [1.165, 1.54) is 0 Å². The second-order valence-electron chi connectivity index (χ2n) is 4.87. The normalized spacial score (nSPS) is 14.3. The molecule has 0 spiro atoms. The van der Waals surface area contributed by atoms with Crippen LogP contribution >= 0.6 is 0 Å². The highest BCUT2D eigenvalue weighted by Crippen LogP contribution is 2.24. The molecule has 0 saturated heterocycles. The molecule has 3 rings (SSSR count). The Labute approximate surface area is 125 Å². The van der Waals surface area contributed by atoms with E-state index >= 15 is 0 Å². The van der Waals surface area contributed by atoms with Crippen LogP contribution in [0.1, 0.15) is 11.1 Å². The van der Waals surface area contributed by atoms with Crippen LogP contribution < -0.4 is 4.72 Å². The highest BCUT2D eigenvalue weighted by molar-refractivity contribution is 7.92. The van der Waals surface area contributed by atoms with Gasteiger partial charge in [-0.15, -0.1) is 0 Å². The monoisotopic (exact) mass is 329 g/mol. The number of aromatic nitrogens is 2. The standard InChI is InChI=1S/C13H13F2N3O3S/c14-13(15)6-18-5-12(4-16-18)22(19,20)17-11-2-1-9-7-21-8-10(9)3-11/h1-5,13,17H,6-8H2. The van der Waals surface area contributed by atoms with Crippen molar-refractivity contribution in [2.24, 2.45) is 0 Å². The summed E-state index contributed by atoms with van der Waals surface area (Å²) >= 11 is 0. The van der Waals surface area contributed by atoms with Gasteiger partial charge < -0.3 is 4.74 Å². The molecule has 0 amide bonds. The predicted octanol–water partition coefficient (Wildman–Crippen LogP) is 1.98. The van der Waals surface area contributed by atoms with Crippen molar-refractivity contribution in [1.29, 1.82) is 0 Å². The van der Waals surface area contributed by atoms with E-state index in [4.69, 9.17) is 4.74 Å². The lowest BCUT2D eigenvalue weighted by Gasteiger charge is -2.07. The third kappa shape index (κ3) is 3.09. The van der Waals surface area contributed by atoms with Crippen LogP contribution in [-0.4, -0.2) is 24.6 Å². The Balaban J connectivity index is 1.80. The Morgan fingerprint density at radius 1 is 1.32 bits per heavy atom. The maximum absolute atomic E-state index is 12.3. The first-order chi connectivity index (χ1) is 10.4. The molecular formula is C13H13F2N3O3S. The highest BCUT2D eigenvalue weighted by Gasteiger charge is 2.19. The molecule has 1 aromatic carbocycles. The molecule has 9 heteroatoms. The van der Waals surface area contributed by atoms with Crippen LogP contribution in [0.25, 0.3) is 0 Å². The largest absolute Gasteiger partial charge is 0.372 e. The summed E-state index contributed by atoms with van der Waals surface area (Å²) in [6.45, 7) is 0.311. The van der Waals surface area contributed by atoms with E-state index in [9.17, 15) is 17.2 Å². The van der Waals surface area contributed by atoms with Crippen molar-refractivity contribution >= 4 is 15.7 Å². The second-order valence-corrected chi connectivity index (χ2v) is 6.55. The predicted molar refractivity (Wildman–Crippen MR) is 74.0 cm³/mol. The van der Waals surface area contributed by atoms with Crippen molar-refractivity contribution in [1.82, 2.24) is 9.78 Å². The van der Waals surface area contributed by atoms with Crippen LogP contribution in [-0.2, 0) is 34.5 Å². The van der Waals surface area contributed by atoms with Crippen molar-refractivity contribution in [2.45, 2.75) is 31.1 Å². The summed E-state index contributed by atoms with van der Waals surface area (Å²) in [5.74, 6) is 0. The van der Waals surface area contributed by atoms with Crippen LogP contribution in [0.3, 0.4) is 0 Å². The Morgan fingerprint density at radius 3 is 2.86 bits per heavy atom. The van der Waals surface area contributed by atoms with Gasteiger partial charge in [-0.3, -0.25) is 9.40 Å². The minimum atomic E-state index is -3.86. The molecule has 1 aliphatic heterocycles. The first kappa shape index (κ1) is 14.9. The van der Waals surface area contributed by atoms with E-state index in [2.05, 4.69) is 9.82 Å². The Morgan fingerprint density at radius 2 is 2.09 bits per heavy atom. The molecule has 1 aliphatic rings. The van der Waals surface area contributed by atoms with Crippen molar-refractivity contribution in [3.63, 3.8) is 0 Å². The first-order valence-corrected chi connectivity index (χ1v) is 7.95. The van der Waals surface area contributed by atoms with Crippen molar-refractivity contribution < 1.29 is 21.9 Å². The number of ether oxygens (including phenoxy) is 1. The molecule has 6 nitrogen and oxygen atoms in total. The highest BCUT2D eigenvalue weighted by atomic mass is 32.2. The number of anilines is 1. The summed E-state index contributed by atoms with van der Waals surface area (Å²) in [7, 11) is -3.86. The lowest BCUT2D eigenvalue weighted by atomic mass is 10.1. The summed E-state index contributed by atoms with van der Waals surface area (Å²) in [5, 5.41) is 3.62. The van der Waals surface area contributed by atoms with Gasteiger partial charge in [0.1, 0.15) is 11.4 Å². The molecule has 22 heavy (non-hydrogen) atoms. The fourth-order valence-electron chi connectivity index (χ4n) is 2.17. The number of hydrogen-bond donors (Lipinski definition) is 1. The second kappa shape index (κ2) is 5.65. The maximum atomic E-state index is 12.3. The average Bonchev–Trinajstić information content (AvgIpc) is 3.06. The molecule has 2 heterocycles. The minimum absolute atomic E-state index is 0.162. The average molecular weight is 329 g/mol. The van der Waals surface area contributed by atoms with E-state index in [-0.39, 0.29) is 4.90 Å². The lowest BCUT2D eigenvalue weighted by Crippen LogP contribution is -2.13. The van der Waals surface area contributed by atoms with Crippen LogP contribution in [0.2, 0.25) is 0 Å². The number of nitrogens with one attached hydrogen (secondary N) is 1. The zero-order valence-corrected chi connectivity index (χ0v) is 12.2. The number of nitrogens with zero attached hydrogens (tertiary/aromatic N) is 2. The summed E-state index contributed by atoms with van der Waals surface area (Å²) < 4.78 is 57.5. The number of alkyl halides is 2. The zero-order valence-electron chi connectivity index (χ0n) is 11.4. The quantitative estimate of drug-likeness (QED) is 0.910. The molecule has 1 N–H and O–H groups in total. The SMILES string of the molecule is O=S(=O)(Nc1ccc2c(c1)COC2)c1cnn(CC(F)F)c1. The summed E-state index contributed by atoms with van der Waals surface area (Å²) in [5.41, 5.74) is 2.34. The van der Waals surface area contributed by atoms with Gasteiger partial charge in [0.25, 0.3) is 16.4 Å². The van der Waals surface area contributed by atoms with Crippen molar-refractivity contribution in [2.75, 3.05) is 4.72 Å². The molecule has 0 atom stereocenters. The topological polar surface area (TPSA) is 73.2 Å². The molecular weight excluding hydrogens is 316 g/mol. The van der Waals surface area contributed by atoms with Crippen LogP contribution in [0.15, 0.2) is 35.5 Å². The first-order valence-electron chi connectivity index (χ1n) is 6.47. The zero-order chi connectivity index (χ0) is 15.7. The van der Waals surface area contributed by atoms with Gasteiger partial charge in [-0.25, -0.2) is 17.2 Å². The number of sulfonamides is 1. The summed E-state index contributed by atoms with van der Waals surface area (Å²) in [4.78, 5) is -0.162. The van der Waals surface area contributed by atoms with Crippen LogP contribution in [0.5, 0.6) is 0 Å². The van der Waals surface area contributed by atoms with Gasteiger partial charge in [0.05, 0.1) is 19.4 Å². The van der Waals surface area contributed by atoms with E-state index < -0.39 is 23.0 Å². The van der Waals surface area contributed by atoms with Gasteiger partial charge in [0, 0.05) is 11.9 Å². The van der Waals surface area contributed by atoms with Gasteiger partial charge in [0.15, 0.2) is 0 Å². The van der Waals surface area contributed by atoms with Gasteiger partial charge in [0.2, 0.25) is 0 Å². The minimum Gasteiger partial charge on any atom is -0.372 e. The number of hydrogen-bond acceptors (Lipinski definition) is 4. The number of rotatable bonds is 5. The maximum Gasteiger partial charge on any atom is 0.265 e. The van der Waals surface area contributed by atoms with Crippen molar-refractivity contribution in [3.8, 4) is 0 Å². The Bertz CT molecular complexity index is 790. The summed E-state index contributed by atoms with van der Waals surface area (Å²) in [6.07, 6.45) is -0.480. The molecule has 0 unspecified atom stereocenters. The smallest absolute Gasteiger partial charge is 0.265 e. The van der Waals surface area contributed by atoms with Gasteiger partial charge in [-0.1, -0.05) is 6.07 Å². The molecule has 0 fully saturated rings. The lowest BCUT2D eigenvalue weighted by molar-refractivity contribution is 0.121. The fraction of sp³-hybridized carbons (Fsp3) is 0.308. The van der Waals surface area contributed by atoms with E-state index in [1.807, 2.05) is 0 Å². The number of fused-ring (bicyclic) bond motifs is 1. The van der Waals surface area contributed by atoms with Crippen LogP contribution in [0.4, 0.5) is 14.5 Å². The molecule has 2 aromatic rings. The van der Waals surface area contributed by atoms with E-state index in [0.717, 1.165) is 28.2 Å². The van der Waals surface area contributed by atoms with E-state index in [0.29, 0.717) is 18.9 Å².